The summed E-state index contributed by atoms with van der Waals surface area (Å²) in [6, 6.07) is 20.4. The third-order valence-corrected chi connectivity index (χ3v) is 26.3. The van der Waals surface area contributed by atoms with E-state index in [1.807, 2.05) is 0 Å². The van der Waals surface area contributed by atoms with E-state index in [1.54, 1.807) is 114 Å². The molecule has 4 fully saturated rings. The molecule has 672 valence electrons. The minimum atomic E-state index is -4.76. The molecule has 12 N–H and O–H groups in total. The fourth-order valence-corrected chi connectivity index (χ4v) is 18.3. The predicted molar refractivity (Wildman–Crippen MR) is 432 cm³/mol. The van der Waals surface area contributed by atoms with Gasteiger partial charge in [0.1, 0.15) is 123 Å². The van der Waals surface area contributed by atoms with E-state index < -0.39 is 172 Å². The lowest BCUT2D eigenvalue weighted by molar-refractivity contribution is -0.207. The minimum Gasteiger partial charge on any atom is -0.403 e. The van der Waals surface area contributed by atoms with Crippen molar-refractivity contribution >= 4 is 85.2 Å². The Morgan fingerprint density at radius 3 is 1.14 bits per heavy atom. The number of fused-ring (bicyclic) bond motifs is 4. The number of H-pyrrole nitrogens is 3. The van der Waals surface area contributed by atoms with Crippen LogP contribution in [0.25, 0.3) is 0 Å². The van der Waals surface area contributed by atoms with Crippen molar-refractivity contribution in [2.24, 2.45) is 0 Å². The van der Waals surface area contributed by atoms with Gasteiger partial charge in [-0.05, 0) is 77.6 Å². The molecule has 4 saturated heterocycles. The van der Waals surface area contributed by atoms with Gasteiger partial charge in [-0.3, -0.25) is 64.8 Å². The maximum absolute atomic E-state index is 16.0. The quantitative estimate of drug-likeness (QED) is 0.0244. The van der Waals surface area contributed by atoms with E-state index in [1.165, 1.54) is 26.2 Å². The second-order valence-corrected chi connectivity index (χ2v) is 36.7. The summed E-state index contributed by atoms with van der Waals surface area (Å²) in [5.74, 6) is -13.2. The predicted octanol–water partition coefficient (Wildman–Crippen LogP) is 8.90. The Morgan fingerprint density at radius 2 is 0.750 bits per heavy atom. The van der Waals surface area contributed by atoms with Crippen molar-refractivity contribution in [2.75, 3.05) is 26.3 Å². The Labute approximate surface area is 729 Å². The molecule has 0 radical (unpaired) electrons. The number of aryl methyl sites for hydroxylation is 7. The molecule has 20 atom stereocenters. The number of ether oxygens (including phenoxy) is 4. The van der Waals surface area contributed by atoms with E-state index >= 15 is 17.6 Å². The molecule has 16 rings (SSSR count). The molecular formula is C73H82F4N8O31P4S4. The van der Waals surface area contributed by atoms with Gasteiger partial charge in [0.25, 0.3) is 23.4 Å². The lowest BCUT2D eigenvalue weighted by Gasteiger charge is -2.35. The number of aromatic amines is 3. The first-order valence-electron chi connectivity index (χ1n) is 39.6. The first kappa shape index (κ1) is 85.8. The summed E-state index contributed by atoms with van der Waals surface area (Å²) in [5.41, 5.74) is 3.68. The van der Waals surface area contributed by atoms with Gasteiger partial charge in [0, 0.05) is 69.3 Å². The number of nitrogens with one attached hydrogen (secondary N) is 4. The molecule has 0 spiro atoms. The topological polar surface area (TPSA) is 506 Å². The molecule has 51 heteroatoms. The van der Waals surface area contributed by atoms with E-state index in [2.05, 4.69) is 26.8 Å². The number of nitrogens with zero attached hydrogens (tertiary/aromatic N) is 4. The van der Waals surface area contributed by atoms with Crippen LogP contribution in [0, 0.1) is 62.4 Å². The van der Waals surface area contributed by atoms with Gasteiger partial charge in [0.05, 0.1) is 34.7 Å². The maximum Gasteiger partial charge on any atom is 0.530 e. The number of hydrogen-bond acceptors (Lipinski definition) is 36. The molecule has 39 nitrogen and oxygen atoms in total. The highest BCUT2D eigenvalue weighted by atomic mass is 32.1. The molecule has 3 aromatic heterocycles. The largest absolute Gasteiger partial charge is 0.530 e. The molecule has 12 heterocycles. The summed E-state index contributed by atoms with van der Waals surface area (Å²) < 4.78 is 248. The van der Waals surface area contributed by atoms with Crippen molar-refractivity contribution in [3.05, 3.63) is 222 Å². The molecule has 0 amide bonds. The van der Waals surface area contributed by atoms with Gasteiger partial charge in [-0.1, -0.05) is 128 Å². The molecule has 7 aromatic rings. The van der Waals surface area contributed by atoms with Crippen molar-refractivity contribution in [2.45, 2.75) is 179 Å². The van der Waals surface area contributed by atoms with Crippen LogP contribution in [0.5, 0.6) is 23.0 Å². The SMILES string of the molecule is Cc1cccc2c1OP(=O)(OC[C@@]1(F)O[C@@H](n3cc(C)c(=S)[nH]c3=O)[C@H](O)[C@@H]1O)OC2.[2H]C([2H])(OP1(=O)OCc2cccc(C)c2O1)[C@@]1(F)O[C@@H](n2cc(C)c(=S)[nH]c2=O)[C@H](O)[C@@H]1O.[2H]C([2H])(OP1(=O)OCc2cccc(C)c2O1)[C@@]1(F)O[C@@]([2H])(N2C=C(C)C(=S)NC2=C)[C@H](O)[C@@H]1O.[2H][C@@]1(n2cc(C)c(=S)[nH]c2=O)O[C@](F)(COP2(=O)OCc3cccc(C)c3O2)[C@@H](O)[C@H]1O. The second kappa shape index (κ2) is 36.1. The van der Waals surface area contributed by atoms with Crippen molar-refractivity contribution in [1.29, 1.82) is 0 Å². The summed E-state index contributed by atoms with van der Waals surface area (Å²) in [6.45, 7) is 6.15. The van der Waals surface area contributed by atoms with Crippen molar-refractivity contribution in [1.82, 2.24) is 38.9 Å². The van der Waals surface area contributed by atoms with Gasteiger partial charge in [0.2, 0.25) is 0 Å². The van der Waals surface area contributed by atoms with Gasteiger partial charge in [0.15, 0.2) is 24.9 Å². The zero-order valence-electron chi connectivity index (χ0n) is 71.7. The number of hydrogen-bond donors (Lipinski definition) is 12. The Hall–Kier alpha value is -7.61. The Bertz CT molecular complexity index is 6340. The Balaban J connectivity index is 0.000000148. The number of thiocarbonyl (C=S) groups is 1. The lowest BCUT2D eigenvalue weighted by atomic mass is 10.1. The molecule has 0 saturated carbocycles. The molecule has 9 aliphatic rings. The highest BCUT2D eigenvalue weighted by Gasteiger charge is 2.62. The van der Waals surface area contributed by atoms with E-state index in [4.69, 9.17) is 130 Å². The third kappa shape index (κ3) is 19.3. The summed E-state index contributed by atoms with van der Waals surface area (Å²) in [4.78, 5) is 44.7. The monoisotopic (exact) mass is 1900 g/mol. The van der Waals surface area contributed by atoms with Crippen LogP contribution in [0.4, 0.5) is 17.6 Å². The normalized spacial score (nSPS) is 35.3. The van der Waals surface area contributed by atoms with Crippen LogP contribution in [0.2, 0.25) is 0 Å². The highest BCUT2D eigenvalue weighted by molar-refractivity contribution is 7.80. The van der Waals surface area contributed by atoms with Crippen LogP contribution in [0.15, 0.2) is 130 Å². The first-order chi connectivity index (χ1) is 60.3. The number of aromatic nitrogens is 6. The zero-order chi connectivity index (χ0) is 95.6. The number of aliphatic hydroxyl groups is 8. The van der Waals surface area contributed by atoms with Crippen molar-refractivity contribution in [3.63, 3.8) is 0 Å². The van der Waals surface area contributed by atoms with Crippen LogP contribution in [-0.4, -0.2) is 184 Å². The molecule has 0 aliphatic carbocycles. The fraction of sp³-hybridized carbons (Fsp3) is 0.438. The molecule has 0 bridgehead atoms. The highest BCUT2D eigenvalue weighted by Crippen LogP contribution is 2.61. The Morgan fingerprint density at radius 1 is 0.452 bits per heavy atom. The number of para-hydroxylation sites is 4. The third-order valence-electron chi connectivity index (χ3n) is 19.7. The number of aliphatic hydroxyl groups excluding tert-OH is 8. The lowest BCUT2D eigenvalue weighted by Crippen LogP contribution is -2.47. The van der Waals surface area contributed by atoms with E-state index in [0.717, 1.165) is 21.9 Å². The van der Waals surface area contributed by atoms with E-state index in [9.17, 15) is 73.5 Å². The molecular weight excluding hydrogens is 1810 g/mol. The van der Waals surface area contributed by atoms with Crippen LogP contribution >= 0.6 is 80.2 Å². The number of alkyl halides is 4. The molecule has 124 heavy (non-hydrogen) atoms. The number of halogens is 4. The fourth-order valence-electron chi connectivity index (χ4n) is 12.8. The maximum atomic E-state index is 16.0. The van der Waals surface area contributed by atoms with Crippen LogP contribution in [0.3, 0.4) is 0 Å². The molecule has 9 aliphatic heterocycles. The van der Waals surface area contributed by atoms with Gasteiger partial charge >= 0.3 is 48.4 Å². The second-order valence-electron chi connectivity index (χ2n) is 28.8. The summed E-state index contributed by atoms with van der Waals surface area (Å²) in [7, 11) is -18.0. The number of phosphoric acid groups is 4. The summed E-state index contributed by atoms with van der Waals surface area (Å²) >= 11 is 19.9. The van der Waals surface area contributed by atoms with Gasteiger partial charge < -0.3 is 88.1 Å². The zero-order valence-corrected chi connectivity index (χ0v) is 72.5. The summed E-state index contributed by atoms with van der Waals surface area (Å²) in [6.07, 6.45) is -22.4. The van der Waals surface area contributed by atoms with Crippen LogP contribution in [0.1, 0.15) is 95.0 Å². The van der Waals surface area contributed by atoms with E-state index in [0.29, 0.717) is 81.7 Å². The average Bonchev–Trinajstić information content (AvgIpc) is 1.55. The molecule has 4 unspecified atom stereocenters. The Kier molecular flexibility index (Phi) is 25.0. The number of phosphoric ester groups is 4. The van der Waals surface area contributed by atoms with Crippen LogP contribution < -0.4 is 40.5 Å². The van der Waals surface area contributed by atoms with Crippen molar-refractivity contribution in [3.8, 4) is 23.0 Å². The average molecular weight is 1900 g/mol. The van der Waals surface area contributed by atoms with E-state index in [-0.39, 0.29) is 68.4 Å². The van der Waals surface area contributed by atoms with Gasteiger partial charge in [-0.2, -0.15) is 0 Å². The smallest absolute Gasteiger partial charge is 0.403 e. The minimum absolute atomic E-state index is 0.0815. The van der Waals surface area contributed by atoms with Gasteiger partial charge in [-0.25, -0.2) is 50.2 Å². The van der Waals surface area contributed by atoms with Crippen LogP contribution in [-0.2, 0) is 99.8 Å². The number of benzene rings is 4. The summed E-state index contributed by atoms with van der Waals surface area (Å²) in [5, 5.41) is 85.5. The van der Waals surface area contributed by atoms with Crippen molar-refractivity contribution < 1.29 is 158 Å². The standard InChI is InChI=1S/C19H22FN2O7PS.3C18H20FN2O8PS/c1-10-5-4-6-13-8-26-30(25,29-15(10)13)27-9-19(20)16(24)14(23)18(28-19)22-7-11(2)17(31)21-12(22)3;3*1-9-4-3-5-11-7-26-30(25,29-13(9)11)27-8-18(19)14(23)12(22)16(28-18)21-6-10(2)15(31)20-17(21)24/h4-7,14,16,18,23-24H,3,8-9H2,1-2H3,(H,21,31);3*3-6,12,14,16,22-23H,7-8H2,1-2H3,(H,20,24,31)/t14-,16+,18-,19-,30?;3*12-,14+,16-,18-,30?/m1111/s1/i9D2,18D;16D;8D2;. The first-order valence-corrected chi connectivity index (χ1v) is 44.0. The van der Waals surface area contributed by atoms with Gasteiger partial charge in [-0.15, -0.1) is 0 Å². The molecule has 4 aromatic carbocycles. The number of rotatable bonds is 16.